The number of hydrogen-bond donors (Lipinski definition) is 1. The molecule has 0 fully saturated rings. The van der Waals surface area contributed by atoms with Gasteiger partial charge < -0.3 is 5.73 Å². The monoisotopic (exact) mass is 175 g/mol. The molecule has 0 saturated carbocycles. The lowest BCUT2D eigenvalue weighted by Crippen LogP contribution is -2.00. The standard InChI is InChI=1S/C11H13NO/c1-2-10(13)8-11(12)9-6-4-3-5-7-9/h3-8H,2,12H2,1H3. The maximum atomic E-state index is 11.0. The predicted molar refractivity (Wildman–Crippen MR) is 53.9 cm³/mol. The van der Waals surface area contributed by atoms with Crippen LogP contribution < -0.4 is 5.73 Å². The van der Waals surface area contributed by atoms with E-state index in [2.05, 4.69) is 0 Å². The molecule has 13 heavy (non-hydrogen) atoms. The second kappa shape index (κ2) is 4.45. The Bertz CT molecular complexity index is 314. The molecule has 1 aromatic rings. The van der Waals surface area contributed by atoms with E-state index >= 15 is 0 Å². The summed E-state index contributed by atoms with van der Waals surface area (Å²) in [6, 6.07) is 9.47. The molecule has 0 saturated heterocycles. The van der Waals surface area contributed by atoms with Crippen LogP contribution >= 0.6 is 0 Å². The first-order valence-electron chi connectivity index (χ1n) is 4.29. The van der Waals surface area contributed by atoms with Crippen LogP contribution in [0, 0.1) is 0 Å². The molecule has 0 unspecified atom stereocenters. The number of allylic oxidation sites excluding steroid dienone is 1. The van der Waals surface area contributed by atoms with Crippen molar-refractivity contribution in [3.8, 4) is 0 Å². The number of hydrogen-bond acceptors (Lipinski definition) is 2. The zero-order valence-electron chi connectivity index (χ0n) is 7.66. The van der Waals surface area contributed by atoms with Crippen molar-refractivity contribution >= 4 is 11.5 Å². The lowest BCUT2D eigenvalue weighted by Gasteiger charge is -1.99. The lowest BCUT2D eigenvalue weighted by molar-refractivity contribution is -0.114. The molecule has 68 valence electrons. The summed E-state index contributed by atoms with van der Waals surface area (Å²) in [5.74, 6) is 0.0568. The molecule has 1 aromatic carbocycles. The fourth-order valence-electron chi connectivity index (χ4n) is 0.989. The van der Waals surface area contributed by atoms with Gasteiger partial charge in [0.05, 0.1) is 0 Å². The van der Waals surface area contributed by atoms with Crippen LogP contribution in [0.25, 0.3) is 5.70 Å². The van der Waals surface area contributed by atoms with Gasteiger partial charge in [-0.15, -0.1) is 0 Å². The van der Waals surface area contributed by atoms with Crippen molar-refractivity contribution in [2.24, 2.45) is 5.73 Å². The van der Waals surface area contributed by atoms with Crippen LogP contribution in [-0.2, 0) is 4.79 Å². The first-order chi connectivity index (χ1) is 6.24. The molecule has 0 atom stereocenters. The van der Waals surface area contributed by atoms with E-state index in [1.54, 1.807) is 0 Å². The minimum absolute atomic E-state index is 0.0568. The molecule has 0 aliphatic carbocycles. The van der Waals surface area contributed by atoms with E-state index in [1.165, 1.54) is 6.08 Å². The van der Waals surface area contributed by atoms with Gasteiger partial charge in [-0.05, 0) is 5.56 Å². The van der Waals surface area contributed by atoms with E-state index in [-0.39, 0.29) is 5.78 Å². The quantitative estimate of drug-likeness (QED) is 0.713. The first kappa shape index (κ1) is 9.52. The Morgan fingerprint density at radius 2 is 2.00 bits per heavy atom. The van der Waals surface area contributed by atoms with Crippen LogP contribution in [-0.4, -0.2) is 5.78 Å². The summed E-state index contributed by atoms with van der Waals surface area (Å²) >= 11 is 0. The summed E-state index contributed by atoms with van der Waals surface area (Å²) in [6.45, 7) is 1.82. The van der Waals surface area contributed by atoms with Crippen LogP contribution in [0.5, 0.6) is 0 Å². The highest BCUT2D eigenvalue weighted by atomic mass is 16.1. The van der Waals surface area contributed by atoms with Crippen LogP contribution in [0.1, 0.15) is 18.9 Å². The lowest BCUT2D eigenvalue weighted by atomic mass is 10.1. The number of rotatable bonds is 3. The summed E-state index contributed by atoms with van der Waals surface area (Å²) in [4.78, 5) is 11.0. The van der Waals surface area contributed by atoms with Crippen LogP contribution in [0.2, 0.25) is 0 Å². The summed E-state index contributed by atoms with van der Waals surface area (Å²) in [7, 11) is 0. The average Bonchev–Trinajstić information content (AvgIpc) is 2.19. The molecule has 0 amide bonds. The number of benzene rings is 1. The van der Waals surface area contributed by atoms with Gasteiger partial charge in [-0.1, -0.05) is 37.3 Å². The SMILES string of the molecule is CCC(=O)C=C(N)c1ccccc1. The smallest absolute Gasteiger partial charge is 0.157 e. The molecule has 0 radical (unpaired) electrons. The maximum absolute atomic E-state index is 11.0. The first-order valence-corrected chi connectivity index (χ1v) is 4.29. The Labute approximate surface area is 78.1 Å². The zero-order chi connectivity index (χ0) is 9.68. The number of ketones is 1. The van der Waals surface area contributed by atoms with Crippen molar-refractivity contribution in [2.45, 2.75) is 13.3 Å². The molecule has 2 heteroatoms. The highest BCUT2D eigenvalue weighted by molar-refractivity contribution is 5.95. The molecule has 0 bridgehead atoms. The summed E-state index contributed by atoms with van der Waals surface area (Å²) in [6.07, 6.45) is 1.98. The second-order valence-corrected chi connectivity index (χ2v) is 2.79. The molecule has 0 heterocycles. The highest BCUT2D eigenvalue weighted by Gasteiger charge is 1.97. The van der Waals surface area contributed by atoms with Crippen molar-refractivity contribution in [3.63, 3.8) is 0 Å². The Morgan fingerprint density at radius 1 is 1.38 bits per heavy atom. The largest absolute Gasteiger partial charge is 0.398 e. The molecule has 0 aliphatic rings. The van der Waals surface area contributed by atoms with Crippen molar-refractivity contribution in [1.29, 1.82) is 0 Å². The fourth-order valence-corrected chi connectivity index (χ4v) is 0.989. The van der Waals surface area contributed by atoms with Crippen LogP contribution in [0.4, 0.5) is 0 Å². The molecule has 1 rings (SSSR count). The minimum atomic E-state index is 0.0568. The van der Waals surface area contributed by atoms with Crippen molar-refractivity contribution < 1.29 is 4.79 Å². The Hall–Kier alpha value is -1.57. The molecule has 2 nitrogen and oxygen atoms in total. The third-order valence-electron chi connectivity index (χ3n) is 1.77. The van der Waals surface area contributed by atoms with Crippen LogP contribution in [0.3, 0.4) is 0 Å². The molecular weight excluding hydrogens is 162 g/mol. The van der Waals surface area contributed by atoms with E-state index in [4.69, 9.17) is 5.73 Å². The maximum Gasteiger partial charge on any atom is 0.157 e. The van der Waals surface area contributed by atoms with Gasteiger partial charge in [0.15, 0.2) is 5.78 Å². The molecule has 0 aromatic heterocycles. The van der Waals surface area contributed by atoms with Gasteiger partial charge in [0.2, 0.25) is 0 Å². The van der Waals surface area contributed by atoms with Gasteiger partial charge >= 0.3 is 0 Å². The minimum Gasteiger partial charge on any atom is -0.398 e. The zero-order valence-corrected chi connectivity index (χ0v) is 7.66. The van der Waals surface area contributed by atoms with E-state index in [1.807, 2.05) is 37.3 Å². The van der Waals surface area contributed by atoms with Crippen molar-refractivity contribution in [3.05, 3.63) is 42.0 Å². The van der Waals surface area contributed by atoms with E-state index < -0.39 is 0 Å². The van der Waals surface area contributed by atoms with Gasteiger partial charge in [-0.25, -0.2) is 0 Å². The molecule has 0 aliphatic heterocycles. The normalized spacial score (nSPS) is 11.3. The van der Waals surface area contributed by atoms with Gasteiger partial charge in [-0.2, -0.15) is 0 Å². The Kier molecular flexibility index (Phi) is 3.26. The number of nitrogens with two attached hydrogens (primary N) is 1. The summed E-state index contributed by atoms with van der Waals surface area (Å²) < 4.78 is 0. The van der Waals surface area contributed by atoms with E-state index in [0.29, 0.717) is 12.1 Å². The molecule has 2 N–H and O–H groups in total. The molecule has 0 spiro atoms. The van der Waals surface area contributed by atoms with Gasteiger partial charge in [0.25, 0.3) is 0 Å². The van der Waals surface area contributed by atoms with Gasteiger partial charge in [0.1, 0.15) is 0 Å². The highest BCUT2D eigenvalue weighted by Crippen LogP contribution is 2.07. The third-order valence-corrected chi connectivity index (χ3v) is 1.77. The molecular formula is C11H13NO. The van der Waals surface area contributed by atoms with Gasteiger partial charge in [-0.3, -0.25) is 4.79 Å². The Morgan fingerprint density at radius 3 is 2.54 bits per heavy atom. The van der Waals surface area contributed by atoms with Gasteiger partial charge in [0, 0.05) is 18.2 Å². The number of carbonyl (C=O) groups excluding carboxylic acids is 1. The van der Waals surface area contributed by atoms with E-state index in [9.17, 15) is 4.79 Å². The predicted octanol–water partition coefficient (Wildman–Crippen LogP) is 1.97. The number of carbonyl (C=O) groups is 1. The fraction of sp³-hybridized carbons (Fsp3) is 0.182. The van der Waals surface area contributed by atoms with E-state index in [0.717, 1.165) is 5.56 Å². The third kappa shape index (κ3) is 2.75. The van der Waals surface area contributed by atoms with Crippen molar-refractivity contribution in [2.75, 3.05) is 0 Å². The second-order valence-electron chi connectivity index (χ2n) is 2.79. The topological polar surface area (TPSA) is 43.1 Å². The average molecular weight is 175 g/mol. The van der Waals surface area contributed by atoms with Crippen molar-refractivity contribution in [1.82, 2.24) is 0 Å². The Balaban J connectivity index is 2.85. The summed E-state index contributed by atoms with van der Waals surface area (Å²) in [5.41, 5.74) is 7.14. The summed E-state index contributed by atoms with van der Waals surface area (Å²) in [5, 5.41) is 0. The van der Waals surface area contributed by atoms with Crippen LogP contribution in [0.15, 0.2) is 36.4 Å².